The van der Waals surface area contributed by atoms with Crippen molar-refractivity contribution in [1.82, 2.24) is 10.3 Å². The summed E-state index contributed by atoms with van der Waals surface area (Å²) in [5, 5.41) is 5.84. The molecule has 0 unspecified atom stereocenters. The fourth-order valence-corrected chi connectivity index (χ4v) is 1.64. The number of nitrogens with two attached hydrogens (primary N) is 1. The molecule has 0 spiro atoms. The third-order valence-electron chi connectivity index (χ3n) is 2.72. The number of nitrogens with one attached hydrogen (secondary N) is 2. The van der Waals surface area contributed by atoms with Gasteiger partial charge in [-0.3, -0.25) is 9.59 Å². The average Bonchev–Trinajstić information content (AvgIpc) is 2.44. The summed E-state index contributed by atoms with van der Waals surface area (Å²) >= 11 is 0. The van der Waals surface area contributed by atoms with Crippen LogP contribution < -0.4 is 16.4 Å². The van der Waals surface area contributed by atoms with Crippen molar-refractivity contribution < 1.29 is 9.59 Å². The summed E-state index contributed by atoms with van der Waals surface area (Å²) in [6.07, 6.45) is 1.87. The van der Waals surface area contributed by atoms with Crippen molar-refractivity contribution in [2.75, 3.05) is 18.4 Å². The maximum absolute atomic E-state index is 12.0. The Balaban J connectivity index is 2.76. The molecule has 0 aliphatic heterocycles. The predicted octanol–water partition coefficient (Wildman–Crippen LogP) is 1.07. The Morgan fingerprint density at radius 2 is 2.00 bits per heavy atom. The number of hydrogen-bond donors (Lipinski definition) is 3. The van der Waals surface area contributed by atoms with Gasteiger partial charge in [0.25, 0.3) is 5.91 Å². The molecule has 6 nitrogen and oxygen atoms in total. The van der Waals surface area contributed by atoms with Gasteiger partial charge in [-0.1, -0.05) is 13.8 Å². The SMILES string of the molecule is CCCNc1cc(C(=O)NCCC(N)=O)cc(CC)n1. The molecule has 1 rings (SSSR count). The fraction of sp³-hybridized carbons (Fsp3) is 0.500. The van der Waals surface area contributed by atoms with Crippen LogP contribution in [-0.2, 0) is 11.2 Å². The van der Waals surface area contributed by atoms with Gasteiger partial charge in [0.2, 0.25) is 5.91 Å². The fourth-order valence-electron chi connectivity index (χ4n) is 1.64. The summed E-state index contributed by atoms with van der Waals surface area (Å²) in [7, 11) is 0. The van der Waals surface area contributed by atoms with Gasteiger partial charge >= 0.3 is 0 Å². The van der Waals surface area contributed by atoms with Crippen LogP contribution in [0.15, 0.2) is 12.1 Å². The molecule has 0 saturated heterocycles. The standard InChI is InChI=1S/C14H22N4O2/c1-3-6-16-13-9-10(8-11(4-2)18-13)14(20)17-7-5-12(15)19/h8-9H,3-7H2,1-2H3,(H2,15,19)(H,16,18)(H,17,20). The third-order valence-corrected chi connectivity index (χ3v) is 2.72. The van der Waals surface area contributed by atoms with Gasteiger partial charge in [-0.15, -0.1) is 0 Å². The van der Waals surface area contributed by atoms with Gasteiger partial charge in [-0.2, -0.15) is 0 Å². The largest absolute Gasteiger partial charge is 0.370 e. The number of primary amides is 1. The highest BCUT2D eigenvalue weighted by atomic mass is 16.2. The summed E-state index contributed by atoms with van der Waals surface area (Å²) in [5.74, 6) is 0.0497. The second-order valence-corrected chi connectivity index (χ2v) is 4.48. The molecular weight excluding hydrogens is 256 g/mol. The quantitative estimate of drug-likeness (QED) is 0.662. The molecule has 1 aromatic heterocycles. The molecule has 0 saturated carbocycles. The number of rotatable bonds is 8. The van der Waals surface area contributed by atoms with Crippen LogP contribution in [0.2, 0.25) is 0 Å². The number of aryl methyl sites for hydroxylation is 1. The van der Waals surface area contributed by atoms with Crippen LogP contribution in [0.25, 0.3) is 0 Å². The molecule has 0 radical (unpaired) electrons. The molecule has 6 heteroatoms. The highest BCUT2D eigenvalue weighted by Gasteiger charge is 2.09. The lowest BCUT2D eigenvalue weighted by molar-refractivity contribution is -0.117. The topological polar surface area (TPSA) is 97.1 Å². The molecule has 2 amide bonds. The van der Waals surface area contributed by atoms with Crippen molar-refractivity contribution in [2.45, 2.75) is 33.1 Å². The van der Waals surface area contributed by atoms with Gasteiger partial charge in [0.15, 0.2) is 0 Å². The zero-order valence-electron chi connectivity index (χ0n) is 12.0. The van der Waals surface area contributed by atoms with Crippen molar-refractivity contribution in [1.29, 1.82) is 0 Å². The Kier molecular flexibility index (Phi) is 6.49. The highest BCUT2D eigenvalue weighted by Crippen LogP contribution is 2.11. The Morgan fingerprint density at radius 3 is 2.60 bits per heavy atom. The minimum atomic E-state index is -0.431. The summed E-state index contributed by atoms with van der Waals surface area (Å²) in [5.41, 5.74) is 6.43. The second kappa shape index (κ2) is 8.14. The zero-order chi connectivity index (χ0) is 15.0. The van der Waals surface area contributed by atoms with E-state index in [1.807, 2.05) is 6.92 Å². The van der Waals surface area contributed by atoms with Gasteiger partial charge in [0, 0.05) is 30.8 Å². The Hall–Kier alpha value is -2.11. The smallest absolute Gasteiger partial charge is 0.251 e. The third kappa shape index (κ3) is 5.26. The van der Waals surface area contributed by atoms with Gasteiger partial charge in [-0.25, -0.2) is 4.98 Å². The maximum atomic E-state index is 12.0. The van der Waals surface area contributed by atoms with Crippen LogP contribution in [0, 0.1) is 0 Å². The molecule has 0 bridgehead atoms. The number of amides is 2. The molecule has 20 heavy (non-hydrogen) atoms. The van der Waals surface area contributed by atoms with Crippen LogP contribution in [0.1, 0.15) is 42.7 Å². The molecule has 0 aliphatic carbocycles. The van der Waals surface area contributed by atoms with E-state index < -0.39 is 5.91 Å². The number of nitrogens with zero attached hydrogens (tertiary/aromatic N) is 1. The minimum Gasteiger partial charge on any atom is -0.370 e. The van der Waals surface area contributed by atoms with Crippen LogP contribution in [0.3, 0.4) is 0 Å². The summed E-state index contributed by atoms with van der Waals surface area (Å²) in [6.45, 7) is 5.10. The summed E-state index contributed by atoms with van der Waals surface area (Å²) < 4.78 is 0. The van der Waals surface area contributed by atoms with E-state index in [1.165, 1.54) is 0 Å². The lowest BCUT2D eigenvalue weighted by Crippen LogP contribution is -2.28. The number of anilines is 1. The second-order valence-electron chi connectivity index (χ2n) is 4.48. The van der Waals surface area contributed by atoms with Crippen LogP contribution >= 0.6 is 0 Å². The van der Waals surface area contributed by atoms with Gasteiger partial charge in [-0.05, 0) is 25.0 Å². The monoisotopic (exact) mass is 278 g/mol. The molecule has 0 aromatic carbocycles. The first-order valence-corrected chi connectivity index (χ1v) is 6.88. The maximum Gasteiger partial charge on any atom is 0.251 e. The first-order chi connectivity index (χ1) is 9.56. The molecular formula is C14H22N4O2. The zero-order valence-corrected chi connectivity index (χ0v) is 12.0. The molecule has 1 heterocycles. The van der Waals surface area contributed by atoms with E-state index >= 15 is 0 Å². The number of hydrogen-bond acceptors (Lipinski definition) is 4. The minimum absolute atomic E-state index is 0.137. The van der Waals surface area contributed by atoms with E-state index in [4.69, 9.17) is 5.73 Å². The van der Waals surface area contributed by atoms with Crippen LogP contribution in [0.4, 0.5) is 5.82 Å². The van der Waals surface area contributed by atoms with Gasteiger partial charge < -0.3 is 16.4 Å². The number of carbonyl (C=O) groups excluding carboxylic acids is 2. The van der Waals surface area contributed by atoms with E-state index in [0.717, 1.165) is 25.1 Å². The van der Waals surface area contributed by atoms with Crippen LogP contribution in [-0.4, -0.2) is 29.9 Å². The van der Waals surface area contributed by atoms with E-state index in [9.17, 15) is 9.59 Å². The Labute approximate surface area is 119 Å². The predicted molar refractivity (Wildman–Crippen MR) is 78.5 cm³/mol. The van der Waals surface area contributed by atoms with Crippen molar-refractivity contribution in [3.05, 3.63) is 23.4 Å². The number of pyridine rings is 1. The Morgan fingerprint density at radius 1 is 1.25 bits per heavy atom. The van der Waals surface area contributed by atoms with E-state index in [-0.39, 0.29) is 18.9 Å². The molecule has 0 atom stereocenters. The summed E-state index contributed by atoms with van der Waals surface area (Å²) in [6, 6.07) is 3.48. The lowest BCUT2D eigenvalue weighted by Gasteiger charge is -2.09. The average molecular weight is 278 g/mol. The van der Waals surface area contributed by atoms with Crippen LogP contribution in [0.5, 0.6) is 0 Å². The number of carbonyl (C=O) groups is 2. The van der Waals surface area contributed by atoms with E-state index in [1.54, 1.807) is 12.1 Å². The van der Waals surface area contributed by atoms with Gasteiger partial charge in [0.05, 0.1) is 0 Å². The highest BCUT2D eigenvalue weighted by molar-refractivity contribution is 5.95. The first-order valence-electron chi connectivity index (χ1n) is 6.88. The van der Waals surface area contributed by atoms with Gasteiger partial charge in [0.1, 0.15) is 5.82 Å². The van der Waals surface area contributed by atoms with Crippen molar-refractivity contribution in [2.24, 2.45) is 5.73 Å². The summed E-state index contributed by atoms with van der Waals surface area (Å²) in [4.78, 5) is 27.1. The number of aromatic nitrogens is 1. The normalized spacial score (nSPS) is 10.1. The van der Waals surface area contributed by atoms with E-state index in [2.05, 4.69) is 22.5 Å². The molecule has 110 valence electrons. The molecule has 4 N–H and O–H groups in total. The molecule has 1 aromatic rings. The molecule has 0 fully saturated rings. The first kappa shape index (κ1) is 15.9. The molecule has 0 aliphatic rings. The lowest BCUT2D eigenvalue weighted by atomic mass is 10.1. The van der Waals surface area contributed by atoms with Crippen molar-refractivity contribution >= 4 is 17.6 Å². The van der Waals surface area contributed by atoms with E-state index in [0.29, 0.717) is 11.4 Å². The van der Waals surface area contributed by atoms with Crippen molar-refractivity contribution in [3.8, 4) is 0 Å². The van der Waals surface area contributed by atoms with Crippen molar-refractivity contribution in [3.63, 3.8) is 0 Å². The Bertz CT molecular complexity index is 474.